The summed E-state index contributed by atoms with van der Waals surface area (Å²) in [6.45, 7) is 0. The summed E-state index contributed by atoms with van der Waals surface area (Å²) in [5, 5.41) is 9.70. The van der Waals surface area contributed by atoms with E-state index in [2.05, 4.69) is 20.5 Å². The van der Waals surface area contributed by atoms with Crippen LogP contribution in [0.1, 0.15) is 32.1 Å². The zero-order valence-electron chi connectivity index (χ0n) is 15.1. The van der Waals surface area contributed by atoms with Crippen molar-refractivity contribution in [2.45, 2.75) is 48.2 Å². The molecule has 146 valence electrons. The van der Waals surface area contributed by atoms with Gasteiger partial charge in [-0.3, -0.25) is 9.89 Å². The van der Waals surface area contributed by atoms with Crippen LogP contribution in [0.15, 0.2) is 40.6 Å². The molecule has 2 aromatic rings. The predicted octanol–water partition coefficient (Wildman–Crippen LogP) is 2.49. The molecule has 1 fully saturated rings. The van der Waals surface area contributed by atoms with E-state index in [9.17, 15) is 13.2 Å². The van der Waals surface area contributed by atoms with Gasteiger partial charge in [-0.05, 0) is 37.1 Å². The second-order valence-electron chi connectivity index (χ2n) is 6.46. The maximum atomic E-state index is 12.8. The molecule has 1 aliphatic rings. The van der Waals surface area contributed by atoms with E-state index in [1.807, 2.05) is 0 Å². The highest BCUT2D eigenvalue weighted by atomic mass is 32.2. The first-order valence-corrected chi connectivity index (χ1v) is 11.3. The highest BCUT2D eigenvalue weighted by molar-refractivity contribution is 7.99. The van der Waals surface area contributed by atoms with Crippen molar-refractivity contribution in [2.24, 2.45) is 0 Å². The molecule has 27 heavy (non-hydrogen) atoms. The number of benzene rings is 1. The van der Waals surface area contributed by atoms with E-state index in [1.54, 1.807) is 19.2 Å². The quantitative estimate of drug-likeness (QED) is 0.680. The fourth-order valence-electron chi connectivity index (χ4n) is 3.11. The van der Waals surface area contributed by atoms with E-state index in [0.717, 1.165) is 25.7 Å². The van der Waals surface area contributed by atoms with Crippen molar-refractivity contribution in [2.75, 3.05) is 18.1 Å². The lowest BCUT2D eigenvalue weighted by molar-refractivity contribution is -0.113. The van der Waals surface area contributed by atoms with Gasteiger partial charge in [0.2, 0.25) is 15.9 Å². The van der Waals surface area contributed by atoms with Gasteiger partial charge >= 0.3 is 0 Å². The molecular formula is C17H23N5O3S2. The van der Waals surface area contributed by atoms with Crippen LogP contribution < -0.4 is 5.32 Å². The number of thioether (sulfide) groups is 1. The Morgan fingerprint density at radius 2 is 1.96 bits per heavy atom. The van der Waals surface area contributed by atoms with Gasteiger partial charge in [0, 0.05) is 18.8 Å². The van der Waals surface area contributed by atoms with Gasteiger partial charge in [-0.15, -0.1) is 0 Å². The monoisotopic (exact) mass is 409 g/mol. The van der Waals surface area contributed by atoms with Gasteiger partial charge in [0.15, 0.2) is 5.16 Å². The molecule has 3 rings (SSSR count). The van der Waals surface area contributed by atoms with Crippen molar-refractivity contribution in [3.05, 3.63) is 30.6 Å². The first kappa shape index (κ1) is 19.8. The zero-order valence-corrected chi connectivity index (χ0v) is 16.7. The van der Waals surface area contributed by atoms with E-state index in [1.165, 1.54) is 40.9 Å². The molecule has 0 radical (unpaired) electrons. The van der Waals surface area contributed by atoms with Gasteiger partial charge in [-0.2, -0.15) is 9.40 Å². The molecule has 0 atom stereocenters. The molecule has 2 N–H and O–H groups in total. The maximum Gasteiger partial charge on any atom is 0.243 e. The van der Waals surface area contributed by atoms with Crippen LogP contribution >= 0.6 is 11.8 Å². The average molecular weight is 410 g/mol. The summed E-state index contributed by atoms with van der Waals surface area (Å²) in [6.07, 6.45) is 6.51. The van der Waals surface area contributed by atoms with Crippen LogP contribution in [0.4, 0.5) is 5.69 Å². The van der Waals surface area contributed by atoms with Gasteiger partial charge in [-0.25, -0.2) is 13.4 Å². The molecule has 0 bridgehead atoms. The van der Waals surface area contributed by atoms with Gasteiger partial charge in [0.05, 0.1) is 10.6 Å². The summed E-state index contributed by atoms with van der Waals surface area (Å²) in [6, 6.07) is 6.36. The van der Waals surface area contributed by atoms with Gasteiger partial charge in [-0.1, -0.05) is 31.0 Å². The largest absolute Gasteiger partial charge is 0.325 e. The predicted molar refractivity (Wildman–Crippen MR) is 104 cm³/mol. The summed E-state index contributed by atoms with van der Waals surface area (Å²) < 4.78 is 27.1. The number of hydrogen-bond acceptors (Lipinski definition) is 6. The minimum atomic E-state index is -3.53. The van der Waals surface area contributed by atoms with E-state index >= 15 is 0 Å². The summed E-state index contributed by atoms with van der Waals surface area (Å²) in [4.78, 5) is 16.2. The molecule has 0 saturated heterocycles. The van der Waals surface area contributed by atoms with Crippen molar-refractivity contribution in [1.82, 2.24) is 19.5 Å². The van der Waals surface area contributed by atoms with Gasteiger partial charge in [0.1, 0.15) is 6.33 Å². The molecule has 1 aromatic carbocycles. The zero-order chi connectivity index (χ0) is 19.3. The molecule has 8 nitrogen and oxygen atoms in total. The summed E-state index contributed by atoms with van der Waals surface area (Å²) in [5.74, 6) is -0.0223. The first-order valence-electron chi connectivity index (χ1n) is 8.83. The molecule has 1 amide bonds. The lowest BCUT2D eigenvalue weighted by atomic mass is 9.96. The average Bonchev–Trinajstić information content (AvgIpc) is 3.20. The second-order valence-corrected chi connectivity index (χ2v) is 9.43. The van der Waals surface area contributed by atoms with Crippen LogP contribution in [-0.2, 0) is 14.8 Å². The van der Waals surface area contributed by atoms with E-state index in [4.69, 9.17) is 0 Å². The van der Waals surface area contributed by atoms with Crippen molar-refractivity contribution in [1.29, 1.82) is 0 Å². The van der Waals surface area contributed by atoms with Crippen LogP contribution in [0.2, 0.25) is 0 Å². The number of H-pyrrole nitrogens is 1. The number of sulfonamides is 1. The standard InChI is InChI=1S/C17H23N5O3S2/c1-22(14-5-3-2-4-6-14)27(24,25)15-9-7-13(8-10-15)20-16(23)11-26-17-18-12-19-21-17/h7-10,12,14H,2-6,11H2,1H3,(H,20,23)(H,18,19,21). The number of aromatic amines is 1. The van der Waals surface area contributed by atoms with Gasteiger partial charge in [0.25, 0.3) is 0 Å². The van der Waals surface area contributed by atoms with Crippen molar-refractivity contribution < 1.29 is 13.2 Å². The van der Waals surface area contributed by atoms with Crippen molar-refractivity contribution in [3.8, 4) is 0 Å². The van der Waals surface area contributed by atoms with Crippen LogP contribution in [0.3, 0.4) is 0 Å². The summed E-state index contributed by atoms with van der Waals surface area (Å²) >= 11 is 1.24. The van der Waals surface area contributed by atoms with Crippen molar-refractivity contribution >= 4 is 33.4 Å². The number of anilines is 1. The normalized spacial score (nSPS) is 15.8. The lowest BCUT2D eigenvalue weighted by Crippen LogP contribution is -2.38. The SMILES string of the molecule is CN(C1CCCCC1)S(=O)(=O)c1ccc(NC(=O)CSc2ncn[nH]2)cc1. The third kappa shape index (κ3) is 5.08. The fraction of sp³-hybridized carbons (Fsp3) is 0.471. The van der Waals surface area contributed by atoms with Gasteiger partial charge < -0.3 is 5.32 Å². The highest BCUT2D eigenvalue weighted by Gasteiger charge is 2.28. The Hall–Kier alpha value is -1.91. The summed E-state index contributed by atoms with van der Waals surface area (Å²) in [5.41, 5.74) is 0.553. The molecular weight excluding hydrogens is 386 g/mol. The lowest BCUT2D eigenvalue weighted by Gasteiger charge is -2.30. The van der Waals surface area contributed by atoms with Crippen LogP contribution in [-0.4, -0.2) is 52.7 Å². The van der Waals surface area contributed by atoms with Crippen LogP contribution in [0, 0.1) is 0 Å². The number of carbonyl (C=O) groups is 1. The number of amides is 1. The van der Waals surface area contributed by atoms with Crippen LogP contribution in [0.5, 0.6) is 0 Å². The Labute approximate surface area is 163 Å². The van der Waals surface area contributed by atoms with Crippen molar-refractivity contribution in [3.63, 3.8) is 0 Å². The second kappa shape index (κ2) is 8.85. The molecule has 0 aliphatic heterocycles. The Balaban J connectivity index is 1.59. The third-order valence-electron chi connectivity index (χ3n) is 4.64. The number of hydrogen-bond donors (Lipinski definition) is 2. The number of aromatic nitrogens is 3. The van der Waals surface area contributed by atoms with Crippen LogP contribution in [0.25, 0.3) is 0 Å². The molecule has 1 aliphatic carbocycles. The van der Waals surface area contributed by atoms with E-state index in [0.29, 0.717) is 10.8 Å². The molecule has 1 aromatic heterocycles. The number of nitrogens with zero attached hydrogens (tertiary/aromatic N) is 3. The Kier molecular flexibility index (Phi) is 6.51. The maximum absolute atomic E-state index is 12.8. The molecule has 1 heterocycles. The highest BCUT2D eigenvalue weighted by Crippen LogP contribution is 2.27. The summed E-state index contributed by atoms with van der Waals surface area (Å²) in [7, 11) is -1.87. The smallest absolute Gasteiger partial charge is 0.243 e. The Morgan fingerprint density at radius 1 is 1.26 bits per heavy atom. The fourth-order valence-corrected chi connectivity index (χ4v) is 5.11. The number of nitrogens with one attached hydrogen (secondary N) is 2. The Morgan fingerprint density at radius 3 is 2.59 bits per heavy atom. The molecule has 10 heteroatoms. The number of carbonyl (C=O) groups excluding carboxylic acids is 1. The molecule has 0 spiro atoms. The van der Waals surface area contributed by atoms with E-state index < -0.39 is 10.0 Å². The minimum Gasteiger partial charge on any atom is -0.325 e. The minimum absolute atomic E-state index is 0.0660. The topological polar surface area (TPSA) is 108 Å². The third-order valence-corrected chi connectivity index (χ3v) is 7.44. The Bertz CT molecular complexity index is 847. The first-order chi connectivity index (χ1) is 13.0. The molecule has 1 saturated carbocycles. The number of rotatable bonds is 7. The van der Waals surface area contributed by atoms with E-state index in [-0.39, 0.29) is 22.6 Å². The molecule has 0 unspecified atom stereocenters.